The topological polar surface area (TPSA) is 100 Å². The van der Waals surface area contributed by atoms with Crippen LogP contribution >= 0.6 is 0 Å². The van der Waals surface area contributed by atoms with Gasteiger partial charge in [0.2, 0.25) is 10.0 Å². The zero-order chi connectivity index (χ0) is 18.0. The Morgan fingerprint density at radius 3 is 2.71 bits per heavy atom. The van der Waals surface area contributed by atoms with Crippen molar-refractivity contribution in [1.29, 1.82) is 0 Å². The first kappa shape index (κ1) is 20.7. The molecule has 0 aromatic rings. The molecule has 8 nitrogen and oxygen atoms in total. The van der Waals surface area contributed by atoms with Crippen LogP contribution in [0.2, 0.25) is 0 Å². The Morgan fingerprint density at radius 2 is 2.08 bits per heavy atom. The minimum Gasteiger partial charge on any atom is -0.466 e. The van der Waals surface area contributed by atoms with E-state index in [4.69, 9.17) is 4.74 Å². The number of piperidine rings is 1. The van der Waals surface area contributed by atoms with E-state index in [1.54, 1.807) is 14.0 Å². The van der Waals surface area contributed by atoms with Crippen molar-refractivity contribution >= 4 is 22.0 Å². The number of guanidine groups is 1. The fourth-order valence-corrected chi connectivity index (χ4v) is 3.23. The molecule has 0 amide bonds. The first-order valence-corrected chi connectivity index (χ1v) is 10.2. The third-order valence-corrected chi connectivity index (χ3v) is 5.30. The van der Waals surface area contributed by atoms with E-state index in [0.29, 0.717) is 32.7 Å². The number of hydrogen-bond donors (Lipinski definition) is 2. The molecule has 1 rings (SSSR count). The number of carbonyl (C=O) groups excluding carboxylic acids is 1. The number of carbonyl (C=O) groups is 1. The van der Waals surface area contributed by atoms with Gasteiger partial charge in [-0.2, -0.15) is 0 Å². The van der Waals surface area contributed by atoms with Gasteiger partial charge >= 0.3 is 5.97 Å². The van der Waals surface area contributed by atoms with Gasteiger partial charge in [0.05, 0.1) is 18.3 Å². The number of hydrogen-bond acceptors (Lipinski definition) is 5. The Morgan fingerprint density at radius 1 is 1.33 bits per heavy atom. The molecule has 140 valence electrons. The van der Waals surface area contributed by atoms with Crippen LogP contribution in [-0.2, 0) is 19.6 Å². The van der Waals surface area contributed by atoms with E-state index in [1.165, 1.54) is 0 Å². The molecule has 0 aromatic carbocycles. The molecule has 1 fully saturated rings. The first-order valence-electron chi connectivity index (χ1n) is 8.53. The lowest BCUT2D eigenvalue weighted by atomic mass is 9.98. The number of aliphatic imine (C=N–C) groups is 1. The smallest absolute Gasteiger partial charge is 0.310 e. The number of ether oxygens (including phenoxy) is 1. The molecular formula is C15H30N4O4S. The SMILES string of the molecule is CCOC(=O)C1CCCN(C(=NC)NCCCNS(=O)(=O)CC)C1. The fourth-order valence-electron chi connectivity index (χ4n) is 2.57. The maximum absolute atomic E-state index is 11.9. The van der Waals surface area contributed by atoms with Gasteiger partial charge in [-0.1, -0.05) is 0 Å². The lowest BCUT2D eigenvalue weighted by Gasteiger charge is -2.33. The maximum atomic E-state index is 11.9. The molecule has 24 heavy (non-hydrogen) atoms. The number of nitrogens with zero attached hydrogens (tertiary/aromatic N) is 2. The van der Waals surface area contributed by atoms with Crippen LogP contribution in [0, 0.1) is 5.92 Å². The molecule has 0 spiro atoms. The van der Waals surface area contributed by atoms with Gasteiger partial charge in [-0.25, -0.2) is 13.1 Å². The van der Waals surface area contributed by atoms with Crippen LogP contribution in [0.15, 0.2) is 4.99 Å². The summed E-state index contributed by atoms with van der Waals surface area (Å²) in [6.45, 7) is 6.27. The Balaban J connectivity index is 2.39. The minimum atomic E-state index is -3.14. The van der Waals surface area contributed by atoms with Crippen molar-refractivity contribution in [3.63, 3.8) is 0 Å². The predicted molar refractivity (Wildman–Crippen MR) is 94.4 cm³/mol. The van der Waals surface area contributed by atoms with Crippen LogP contribution < -0.4 is 10.0 Å². The summed E-state index contributed by atoms with van der Waals surface area (Å²) in [5, 5.41) is 3.22. The lowest BCUT2D eigenvalue weighted by Crippen LogP contribution is -2.48. The van der Waals surface area contributed by atoms with Crippen LogP contribution in [0.1, 0.15) is 33.1 Å². The third-order valence-electron chi connectivity index (χ3n) is 3.89. The highest BCUT2D eigenvalue weighted by Crippen LogP contribution is 2.18. The van der Waals surface area contributed by atoms with Gasteiger partial charge in [0.15, 0.2) is 5.96 Å². The van der Waals surface area contributed by atoms with Crippen LogP contribution in [0.4, 0.5) is 0 Å². The molecule has 1 aliphatic heterocycles. The average molecular weight is 362 g/mol. The summed E-state index contributed by atoms with van der Waals surface area (Å²) in [5.41, 5.74) is 0. The monoisotopic (exact) mass is 362 g/mol. The summed E-state index contributed by atoms with van der Waals surface area (Å²) in [5.74, 6) is 0.563. The summed E-state index contributed by atoms with van der Waals surface area (Å²) in [7, 11) is -1.43. The van der Waals surface area contributed by atoms with E-state index < -0.39 is 10.0 Å². The van der Waals surface area contributed by atoms with Gasteiger partial charge in [-0.3, -0.25) is 9.79 Å². The number of rotatable bonds is 8. The summed E-state index contributed by atoms with van der Waals surface area (Å²) in [6.07, 6.45) is 2.42. The van der Waals surface area contributed by atoms with Gasteiger partial charge in [-0.05, 0) is 33.1 Å². The van der Waals surface area contributed by atoms with Crippen molar-refractivity contribution in [2.45, 2.75) is 33.1 Å². The molecule has 1 aliphatic rings. The second-order valence-corrected chi connectivity index (χ2v) is 7.76. The molecule has 0 aromatic heterocycles. The quantitative estimate of drug-likeness (QED) is 0.276. The van der Waals surface area contributed by atoms with Gasteiger partial charge in [-0.15, -0.1) is 0 Å². The number of nitrogens with one attached hydrogen (secondary N) is 2. The van der Waals surface area contributed by atoms with E-state index in [0.717, 1.165) is 25.3 Å². The number of esters is 1. The van der Waals surface area contributed by atoms with Crippen molar-refractivity contribution in [3.05, 3.63) is 0 Å². The molecule has 0 bridgehead atoms. The molecular weight excluding hydrogens is 332 g/mol. The molecule has 1 heterocycles. The van der Waals surface area contributed by atoms with Gasteiger partial charge in [0.25, 0.3) is 0 Å². The molecule has 2 N–H and O–H groups in total. The zero-order valence-electron chi connectivity index (χ0n) is 14.9. The highest BCUT2D eigenvalue weighted by Gasteiger charge is 2.28. The summed E-state index contributed by atoms with van der Waals surface area (Å²) in [4.78, 5) is 18.2. The van der Waals surface area contributed by atoms with E-state index in [1.807, 2.05) is 6.92 Å². The van der Waals surface area contributed by atoms with E-state index >= 15 is 0 Å². The number of sulfonamides is 1. The van der Waals surface area contributed by atoms with E-state index in [2.05, 4.69) is 19.9 Å². The van der Waals surface area contributed by atoms with Gasteiger partial charge < -0.3 is 15.0 Å². The lowest BCUT2D eigenvalue weighted by molar-refractivity contribution is -0.149. The Bertz CT molecular complexity index is 522. The normalized spacial score (nSPS) is 19.2. The molecule has 0 radical (unpaired) electrons. The average Bonchev–Trinajstić information content (AvgIpc) is 2.58. The highest BCUT2D eigenvalue weighted by atomic mass is 32.2. The Labute approximate surface area is 145 Å². The van der Waals surface area contributed by atoms with Crippen LogP contribution in [-0.4, -0.2) is 70.8 Å². The first-order chi connectivity index (χ1) is 11.4. The minimum absolute atomic E-state index is 0.0884. The summed E-state index contributed by atoms with van der Waals surface area (Å²) < 4.78 is 30.3. The van der Waals surface area contributed by atoms with E-state index in [9.17, 15) is 13.2 Å². The van der Waals surface area contributed by atoms with Crippen molar-refractivity contribution < 1.29 is 17.9 Å². The number of likely N-dealkylation sites (tertiary alicyclic amines) is 1. The summed E-state index contributed by atoms with van der Waals surface area (Å²) >= 11 is 0. The molecule has 0 aliphatic carbocycles. The Hall–Kier alpha value is -1.35. The second kappa shape index (κ2) is 10.5. The molecule has 1 atom stereocenters. The fraction of sp³-hybridized carbons (Fsp3) is 0.867. The van der Waals surface area contributed by atoms with Crippen molar-refractivity contribution in [3.8, 4) is 0 Å². The van der Waals surface area contributed by atoms with Crippen LogP contribution in [0.3, 0.4) is 0 Å². The summed E-state index contributed by atoms with van der Waals surface area (Å²) in [6, 6.07) is 0. The van der Waals surface area contributed by atoms with E-state index in [-0.39, 0.29) is 17.6 Å². The van der Waals surface area contributed by atoms with Crippen LogP contribution in [0.25, 0.3) is 0 Å². The zero-order valence-corrected chi connectivity index (χ0v) is 15.7. The maximum Gasteiger partial charge on any atom is 0.310 e. The van der Waals surface area contributed by atoms with Crippen LogP contribution in [0.5, 0.6) is 0 Å². The van der Waals surface area contributed by atoms with Crippen molar-refractivity contribution in [2.24, 2.45) is 10.9 Å². The van der Waals surface area contributed by atoms with Gasteiger partial charge in [0, 0.05) is 33.2 Å². The predicted octanol–water partition coefficient (Wildman–Crippen LogP) is 0.166. The second-order valence-electron chi connectivity index (χ2n) is 5.66. The largest absolute Gasteiger partial charge is 0.466 e. The van der Waals surface area contributed by atoms with Crippen molar-refractivity contribution in [1.82, 2.24) is 14.9 Å². The standard InChI is InChI=1S/C15H30N4O4S/c1-4-23-14(20)13-8-6-11-19(12-13)15(16-3)17-9-7-10-18-24(21,22)5-2/h13,18H,4-12H2,1-3H3,(H,16,17). The highest BCUT2D eigenvalue weighted by molar-refractivity contribution is 7.89. The molecule has 0 saturated carbocycles. The Kier molecular flexibility index (Phi) is 9.05. The molecule has 1 unspecified atom stereocenters. The van der Waals surface area contributed by atoms with Gasteiger partial charge in [0.1, 0.15) is 0 Å². The molecule has 9 heteroatoms. The third kappa shape index (κ3) is 7.04. The molecule has 1 saturated heterocycles. The van der Waals surface area contributed by atoms with Crippen molar-refractivity contribution in [2.75, 3.05) is 45.6 Å².